The Morgan fingerprint density at radius 1 is 1.15 bits per heavy atom. The summed E-state index contributed by atoms with van der Waals surface area (Å²) in [5.41, 5.74) is 1.39. The Morgan fingerprint density at radius 3 is 2.85 bits per heavy atom. The number of rotatable bonds is 1. The first-order valence-electron chi connectivity index (χ1n) is 5.58. The molecule has 4 heterocycles. The van der Waals surface area contributed by atoms with Crippen molar-refractivity contribution >= 4 is 45.5 Å². The minimum Gasteiger partial charge on any atom is -0.287 e. The molecule has 0 aliphatic heterocycles. The minimum absolute atomic E-state index is 0. The number of fused-ring (bicyclic) bond motifs is 3. The van der Waals surface area contributed by atoms with Gasteiger partial charge >= 0.3 is 0 Å². The number of H-pyrrole nitrogens is 1. The number of thiazole rings is 1. The molecule has 0 radical (unpaired) electrons. The van der Waals surface area contributed by atoms with Gasteiger partial charge in [-0.15, -0.1) is 23.7 Å². The highest BCUT2D eigenvalue weighted by molar-refractivity contribution is 7.12. The highest BCUT2D eigenvalue weighted by Crippen LogP contribution is 2.19. The topological polar surface area (TPSA) is 76.5 Å². The third kappa shape index (κ3) is 1.71. The first kappa shape index (κ1) is 12.8. The smallest absolute Gasteiger partial charge is 0.282 e. The van der Waals surface area contributed by atoms with Gasteiger partial charge < -0.3 is 0 Å². The summed E-state index contributed by atoms with van der Waals surface area (Å²) in [5.74, 6) is 0. The lowest BCUT2D eigenvalue weighted by Crippen LogP contribution is -2.13. The molecule has 0 aliphatic rings. The van der Waals surface area contributed by atoms with Crippen molar-refractivity contribution in [1.82, 2.24) is 24.7 Å². The molecule has 20 heavy (non-hydrogen) atoms. The second-order valence-electron chi connectivity index (χ2n) is 4.01. The van der Waals surface area contributed by atoms with Crippen molar-refractivity contribution in [3.63, 3.8) is 0 Å². The maximum absolute atomic E-state index is 12.3. The lowest BCUT2D eigenvalue weighted by Gasteiger charge is -1.96. The monoisotopic (exact) mass is 305 g/mol. The molecular weight excluding hydrogens is 298 g/mol. The van der Waals surface area contributed by atoms with Crippen molar-refractivity contribution in [1.29, 1.82) is 0 Å². The summed E-state index contributed by atoms with van der Waals surface area (Å²) in [6.07, 6.45) is 6.63. The van der Waals surface area contributed by atoms with Crippen LogP contribution in [0.25, 0.3) is 26.9 Å². The zero-order chi connectivity index (χ0) is 12.8. The summed E-state index contributed by atoms with van der Waals surface area (Å²) < 4.78 is 1.43. The summed E-state index contributed by atoms with van der Waals surface area (Å²) >= 11 is 1.40. The van der Waals surface area contributed by atoms with Gasteiger partial charge in [0.25, 0.3) is 5.56 Å². The molecule has 0 aliphatic carbocycles. The molecule has 0 spiro atoms. The van der Waals surface area contributed by atoms with Gasteiger partial charge in [-0.1, -0.05) is 0 Å². The molecule has 0 saturated heterocycles. The van der Waals surface area contributed by atoms with Crippen molar-refractivity contribution in [2.24, 2.45) is 0 Å². The number of pyridine rings is 2. The van der Waals surface area contributed by atoms with Crippen LogP contribution in [0.3, 0.4) is 0 Å². The van der Waals surface area contributed by atoms with Gasteiger partial charge in [-0.25, -0.2) is 4.98 Å². The molecular formula is C12H8ClN5OS. The Bertz CT molecular complexity index is 943. The number of halogens is 1. The van der Waals surface area contributed by atoms with Crippen molar-refractivity contribution in [2.45, 2.75) is 0 Å². The molecule has 1 N–H and O–H groups in total. The maximum atomic E-state index is 12.3. The van der Waals surface area contributed by atoms with E-state index in [1.54, 1.807) is 24.8 Å². The van der Waals surface area contributed by atoms with E-state index in [2.05, 4.69) is 20.1 Å². The van der Waals surface area contributed by atoms with Crippen LogP contribution in [0.4, 0.5) is 0 Å². The molecule has 0 unspecified atom stereocenters. The Morgan fingerprint density at radius 2 is 2.05 bits per heavy atom. The van der Waals surface area contributed by atoms with E-state index in [1.807, 2.05) is 11.4 Å². The standard InChI is InChI=1S/C12H7N5OS.ClH/c18-11-8-6-15-9-1-2-13-5-7(9)10(8)16-17(11)12-14-3-4-19-12;/h1-6,16H;1H. The van der Waals surface area contributed by atoms with Gasteiger partial charge in [-0.3, -0.25) is 19.9 Å². The third-order valence-corrected chi connectivity index (χ3v) is 3.69. The van der Waals surface area contributed by atoms with Gasteiger partial charge in [0, 0.05) is 35.6 Å². The van der Waals surface area contributed by atoms with Crippen LogP contribution in [-0.4, -0.2) is 24.7 Å². The van der Waals surface area contributed by atoms with Crippen LogP contribution in [0.15, 0.2) is 41.0 Å². The highest BCUT2D eigenvalue weighted by Gasteiger charge is 2.12. The molecule has 0 atom stereocenters. The Hall–Kier alpha value is -2.25. The zero-order valence-electron chi connectivity index (χ0n) is 9.98. The van der Waals surface area contributed by atoms with E-state index < -0.39 is 0 Å². The van der Waals surface area contributed by atoms with Crippen molar-refractivity contribution in [2.75, 3.05) is 0 Å². The van der Waals surface area contributed by atoms with E-state index in [0.29, 0.717) is 10.5 Å². The van der Waals surface area contributed by atoms with Crippen molar-refractivity contribution in [3.05, 3.63) is 46.6 Å². The summed E-state index contributed by atoms with van der Waals surface area (Å²) in [7, 11) is 0. The predicted octanol–water partition coefficient (Wildman–Crippen LogP) is 2.14. The van der Waals surface area contributed by atoms with Gasteiger partial charge in [0.2, 0.25) is 5.13 Å². The molecule has 4 aromatic heterocycles. The molecule has 0 amide bonds. The van der Waals surface area contributed by atoms with Crippen molar-refractivity contribution < 1.29 is 0 Å². The largest absolute Gasteiger partial charge is 0.287 e. The number of nitrogens with one attached hydrogen (secondary N) is 1. The van der Waals surface area contributed by atoms with Gasteiger partial charge in [-0.05, 0) is 6.07 Å². The SMILES string of the molecule is Cl.O=c1c2cnc3ccncc3c2[nH]n1-c1nccs1. The van der Waals surface area contributed by atoms with Crippen LogP contribution in [-0.2, 0) is 0 Å². The average molecular weight is 306 g/mol. The van der Waals surface area contributed by atoms with E-state index in [4.69, 9.17) is 0 Å². The summed E-state index contributed by atoms with van der Waals surface area (Å²) in [6.45, 7) is 0. The fourth-order valence-corrected chi connectivity index (χ4v) is 2.66. The predicted molar refractivity (Wildman–Crippen MR) is 79.9 cm³/mol. The van der Waals surface area contributed by atoms with Crippen LogP contribution in [0.2, 0.25) is 0 Å². The second-order valence-corrected chi connectivity index (χ2v) is 4.88. The molecule has 0 aromatic carbocycles. The first-order valence-corrected chi connectivity index (χ1v) is 6.46. The van der Waals surface area contributed by atoms with E-state index in [0.717, 1.165) is 16.4 Å². The molecule has 0 bridgehead atoms. The van der Waals surface area contributed by atoms with Crippen LogP contribution < -0.4 is 5.56 Å². The number of aromatic amines is 1. The number of aromatic nitrogens is 5. The third-order valence-electron chi connectivity index (χ3n) is 2.94. The summed E-state index contributed by atoms with van der Waals surface area (Å²) in [5, 5.41) is 6.88. The van der Waals surface area contributed by atoms with Gasteiger partial charge in [0.05, 0.1) is 16.4 Å². The highest BCUT2D eigenvalue weighted by atomic mass is 35.5. The second kappa shape index (κ2) is 4.69. The minimum atomic E-state index is -0.150. The lowest BCUT2D eigenvalue weighted by atomic mass is 10.2. The molecule has 100 valence electrons. The average Bonchev–Trinajstić information content (AvgIpc) is 3.07. The quantitative estimate of drug-likeness (QED) is 0.584. The summed E-state index contributed by atoms with van der Waals surface area (Å²) in [4.78, 5) is 24.8. The van der Waals surface area contributed by atoms with Crippen LogP contribution in [0, 0.1) is 0 Å². The molecule has 0 fully saturated rings. The number of nitrogens with zero attached hydrogens (tertiary/aromatic N) is 4. The van der Waals surface area contributed by atoms with Gasteiger partial charge in [0.15, 0.2) is 0 Å². The molecule has 8 heteroatoms. The normalized spacial score (nSPS) is 10.8. The fraction of sp³-hybridized carbons (Fsp3) is 0. The Balaban J connectivity index is 0.00000121. The Kier molecular flexibility index (Phi) is 3.00. The van der Waals surface area contributed by atoms with Crippen LogP contribution in [0.5, 0.6) is 0 Å². The van der Waals surface area contributed by atoms with E-state index >= 15 is 0 Å². The summed E-state index contributed by atoms with van der Waals surface area (Å²) in [6, 6.07) is 1.81. The fourth-order valence-electron chi connectivity index (χ4n) is 2.06. The van der Waals surface area contributed by atoms with E-state index in [1.165, 1.54) is 16.0 Å². The number of hydrogen-bond acceptors (Lipinski definition) is 5. The number of hydrogen-bond donors (Lipinski definition) is 1. The molecule has 6 nitrogen and oxygen atoms in total. The molecule has 4 aromatic rings. The van der Waals surface area contributed by atoms with Crippen molar-refractivity contribution in [3.8, 4) is 5.13 Å². The van der Waals surface area contributed by atoms with Crippen LogP contribution >= 0.6 is 23.7 Å². The van der Waals surface area contributed by atoms with Gasteiger partial charge in [0.1, 0.15) is 0 Å². The van der Waals surface area contributed by atoms with Gasteiger partial charge in [-0.2, -0.15) is 4.68 Å². The maximum Gasteiger partial charge on any atom is 0.282 e. The van der Waals surface area contributed by atoms with Crippen LogP contribution in [0.1, 0.15) is 0 Å². The molecule has 0 saturated carbocycles. The first-order chi connectivity index (χ1) is 9.34. The van der Waals surface area contributed by atoms with E-state index in [-0.39, 0.29) is 18.0 Å². The molecule has 4 rings (SSSR count). The lowest BCUT2D eigenvalue weighted by molar-refractivity contribution is 0.854. The van der Waals surface area contributed by atoms with E-state index in [9.17, 15) is 4.79 Å². The zero-order valence-corrected chi connectivity index (χ0v) is 11.6. The Labute approximate surface area is 122 Å².